The van der Waals surface area contributed by atoms with Crippen molar-refractivity contribution in [1.29, 1.82) is 0 Å². The molecule has 4 heteroatoms. The number of hydrogen-bond donors (Lipinski definition) is 1. The molecule has 0 saturated heterocycles. The van der Waals surface area contributed by atoms with E-state index in [1.54, 1.807) is 0 Å². The van der Waals surface area contributed by atoms with Gasteiger partial charge in [-0.15, -0.1) is 0 Å². The van der Waals surface area contributed by atoms with Gasteiger partial charge in [0.25, 0.3) is 0 Å². The molecule has 0 aliphatic rings. The predicted molar refractivity (Wildman–Crippen MR) is 68.8 cm³/mol. The number of rotatable bonds is 6. The molecule has 0 bridgehead atoms. The molecule has 0 unspecified atom stereocenters. The van der Waals surface area contributed by atoms with Crippen LogP contribution < -0.4 is 5.32 Å². The molecule has 0 fully saturated rings. The molecule has 1 aromatic carbocycles. The highest BCUT2D eigenvalue weighted by molar-refractivity contribution is 9.10. The normalized spacial score (nSPS) is 10.3. The number of hydrogen-bond acceptors (Lipinski definition) is 2. The summed E-state index contributed by atoms with van der Waals surface area (Å²) in [6.45, 7) is 4.45. The van der Waals surface area contributed by atoms with Crippen LogP contribution in [0.15, 0.2) is 22.7 Å². The summed E-state index contributed by atoms with van der Waals surface area (Å²) in [4.78, 5) is 0. The number of halogens is 2. The van der Waals surface area contributed by atoms with Crippen molar-refractivity contribution in [1.82, 2.24) is 0 Å². The van der Waals surface area contributed by atoms with E-state index in [2.05, 4.69) is 28.2 Å². The van der Waals surface area contributed by atoms with Crippen LogP contribution in [0.3, 0.4) is 0 Å². The molecule has 1 rings (SSSR count). The highest BCUT2D eigenvalue weighted by Gasteiger charge is 1.97. The Balaban J connectivity index is 2.28. The monoisotopic (exact) mass is 291 g/mol. The zero-order chi connectivity index (χ0) is 11.1. The highest BCUT2D eigenvalue weighted by atomic mass is 79.9. The van der Waals surface area contributed by atoms with Crippen LogP contribution in [-0.4, -0.2) is 19.8 Å². The second kappa shape index (κ2) is 7.09. The Bertz CT molecular complexity index is 307. The van der Waals surface area contributed by atoms with Crippen LogP contribution in [0, 0.1) is 0 Å². The molecule has 84 valence electrons. The summed E-state index contributed by atoms with van der Waals surface area (Å²) in [6, 6.07) is 5.80. The van der Waals surface area contributed by atoms with Gasteiger partial charge >= 0.3 is 0 Å². The van der Waals surface area contributed by atoms with Crippen molar-refractivity contribution in [3.05, 3.63) is 27.7 Å². The van der Waals surface area contributed by atoms with Gasteiger partial charge in [-0.2, -0.15) is 0 Å². The molecular weight excluding hydrogens is 277 g/mol. The Morgan fingerprint density at radius 1 is 1.40 bits per heavy atom. The minimum absolute atomic E-state index is 0.717. The lowest BCUT2D eigenvalue weighted by molar-refractivity contribution is 0.144. The average Bonchev–Trinajstić information content (AvgIpc) is 2.23. The topological polar surface area (TPSA) is 21.3 Å². The Morgan fingerprint density at radius 3 is 2.87 bits per heavy atom. The summed E-state index contributed by atoms with van der Waals surface area (Å²) in [5, 5.41) is 3.96. The van der Waals surface area contributed by atoms with Gasteiger partial charge in [0.2, 0.25) is 0 Å². The van der Waals surface area contributed by atoms with Crippen molar-refractivity contribution in [3.8, 4) is 0 Å². The SMILES string of the molecule is CCCOCCNc1ccc(Br)c(Cl)c1. The van der Waals surface area contributed by atoms with E-state index in [1.807, 2.05) is 18.2 Å². The standard InChI is InChI=1S/C11H15BrClNO/c1-2-6-15-7-5-14-9-3-4-10(12)11(13)8-9/h3-4,8,14H,2,5-7H2,1H3. The molecule has 0 aromatic heterocycles. The number of ether oxygens (including phenoxy) is 1. The lowest BCUT2D eigenvalue weighted by atomic mass is 10.3. The zero-order valence-corrected chi connectivity index (χ0v) is 11.1. The fourth-order valence-electron chi connectivity index (χ4n) is 1.12. The van der Waals surface area contributed by atoms with Crippen LogP contribution in [0.25, 0.3) is 0 Å². The van der Waals surface area contributed by atoms with Crippen LogP contribution in [0.4, 0.5) is 5.69 Å². The van der Waals surface area contributed by atoms with E-state index < -0.39 is 0 Å². The van der Waals surface area contributed by atoms with Gasteiger partial charge in [-0.05, 0) is 40.5 Å². The fraction of sp³-hybridized carbons (Fsp3) is 0.455. The van der Waals surface area contributed by atoms with Crippen molar-refractivity contribution in [2.75, 3.05) is 25.1 Å². The Kier molecular flexibility index (Phi) is 6.06. The van der Waals surface area contributed by atoms with Gasteiger partial charge in [0, 0.05) is 23.3 Å². The van der Waals surface area contributed by atoms with Gasteiger partial charge in [0.05, 0.1) is 11.6 Å². The molecular formula is C11H15BrClNO. The van der Waals surface area contributed by atoms with Gasteiger partial charge in [-0.25, -0.2) is 0 Å². The predicted octanol–water partition coefficient (Wildman–Crippen LogP) is 3.94. The van der Waals surface area contributed by atoms with Gasteiger partial charge in [-0.1, -0.05) is 18.5 Å². The maximum Gasteiger partial charge on any atom is 0.0639 e. The van der Waals surface area contributed by atoms with Gasteiger partial charge in [0.15, 0.2) is 0 Å². The van der Waals surface area contributed by atoms with Crippen LogP contribution in [0.1, 0.15) is 13.3 Å². The fourth-order valence-corrected chi connectivity index (χ4v) is 1.55. The molecule has 1 aromatic rings. The molecule has 0 radical (unpaired) electrons. The number of nitrogens with one attached hydrogen (secondary N) is 1. The third kappa shape index (κ3) is 4.87. The quantitative estimate of drug-likeness (QED) is 0.802. The van der Waals surface area contributed by atoms with Crippen LogP contribution in [0.5, 0.6) is 0 Å². The van der Waals surface area contributed by atoms with Crippen LogP contribution in [0.2, 0.25) is 5.02 Å². The van der Waals surface area contributed by atoms with Crippen molar-refractivity contribution in [2.24, 2.45) is 0 Å². The van der Waals surface area contributed by atoms with Crippen LogP contribution in [-0.2, 0) is 4.74 Å². The molecule has 0 amide bonds. The lowest BCUT2D eigenvalue weighted by Gasteiger charge is -2.07. The van der Waals surface area contributed by atoms with Crippen LogP contribution >= 0.6 is 27.5 Å². The molecule has 0 atom stereocenters. The van der Waals surface area contributed by atoms with E-state index in [0.717, 1.165) is 41.4 Å². The van der Waals surface area contributed by atoms with E-state index in [0.29, 0.717) is 0 Å². The first kappa shape index (κ1) is 12.8. The molecule has 0 aliphatic carbocycles. The molecule has 1 N–H and O–H groups in total. The van der Waals surface area contributed by atoms with E-state index in [4.69, 9.17) is 16.3 Å². The molecule has 2 nitrogen and oxygen atoms in total. The third-order valence-corrected chi connectivity index (χ3v) is 3.08. The minimum atomic E-state index is 0.717. The Hall–Kier alpha value is -0.250. The highest BCUT2D eigenvalue weighted by Crippen LogP contribution is 2.25. The largest absolute Gasteiger partial charge is 0.383 e. The minimum Gasteiger partial charge on any atom is -0.383 e. The van der Waals surface area contributed by atoms with Gasteiger partial charge in [-0.3, -0.25) is 0 Å². The summed E-state index contributed by atoms with van der Waals surface area (Å²) in [5.74, 6) is 0. The lowest BCUT2D eigenvalue weighted by Crippen LogP contribution is -2.09. The van der Waals surface area contributed by atoms with Crippen molar-refractivity contribution in [3.63, 3.8) is 0 Å². The summed E-state index contributed by atoms with van der Waals surface area (Å²) in [7, 11) is 0. The summed E-state index contributed by atoms with van der Waals surface area (Å²) in [5.41, 5.74) is 1.02. The second-order valence-electron chi connectivity index (χ2n) is 3.17. The molecule has 0 heterocycles. The molecule has 0 saturated carbocycles. The summed E-state index contributed by atoms with van der Waals surface area (Å²) >= 11 is 9.31. The van der Waals surface area contributed by atoms with E-state index in [9.17, 15) is 0 Å². The first-order chi connectivity index (χ1) is 7.24. The molecule has 0 spiro atoms. The van der Waals surface area contributed by atoms with Gasteiger partial charge in [0.1, 0.15) is 0 Å². The Labute approximate surface area is 104 Å². The second-order valence-corrected chi connectivity index (χ2v) is 4.43. The first-order valence-electron chi connectivity index (χ1n) is 5.00. The van der Waals surface area contributed by atoms with Gasteiger partial charge < -0.3 is 10.1 Å². The summed E-state index contributed by atoms with van der Waals surface area (Å²) < 4.78 is 6.27. The van der Waals surface area contributed by atoms with E-state index >= 15 is 0 Å². The third-order valence-electron chi connectivity index (χ3n) is 1.84. The Morgan fingerprint density at radius 2 is 2.20 bits per heavy atom. The van der Waals surface area contributed by atoms with Crippen molar-refractivity contribution >= 4 is 33.2 Å². The number of anilines is 1. The van der Waals surface area contributed by atoms with Crippen molar-refractivity contribution < 1.29 is 4.74 Å². The number of benzene rings is 1. The van der Waals surface area contributed by atoms with E-state index in [-0.39, 0.29) is 0 Å². The summed E-state index contributed by atoms with van der Waals surface area (Å²) in [6.07, 6.45) is 1.06. The molecule has 0 aliphatic heterocycles. The average molecular weight is 293 g/mol. The maximum absolute atomic E-state index is 5.96. The molecule has 15 heavy (non-hydrogen) atoms. The first-order valence-corrected chi connectivity index (χ1v) is 6.17. The smallest absolute Gasteiger partial charge is 0.0639 e. The zero-order valence-electron chi connectivity index (χ0n) is 8.72. The van der Waals surface area contributed by atoms with E-state index in [1.165, 1.54) is 0 Å². The maximum atomic E-state index is 5.96. The van der Waals surface area contributed by atoms with Crippen molar-refractivity contribution in [2.45, 2.75) is 13.3 Å².